The zero-order valence-electron chi connectivity index (χ0n) is 12.9. The SMILES string of the molecule is CCn1ncc(CNS(=O)(=O)N2CCCC2COC)c1C. The number of aromatic nitrogens is 2. The topological polar surface area (TPSA) is 76.5 Å². The van der Waals surface area contributed by atoms with E-state index in [1.165, 1.54) is 4.31 Å². The van der Waals surface area contributed by atoms with Crippen molar-refractivity contribution in [3.63, 3.8) is 0 Å². The summed E-state index contributed by atoms with van der Waals surface area (Å²) in [6.07, 6.45) is 3.45. The predicted molar refractivity (Wildman–Crippen MR) is 80.0 cm³/mol. The number of rotatable bonds is 7. The van der Waals surface area contributed by atoms with Crippen LogP contribution in [0.1, 0.15) is 31.0 Å². The molecule has 7 nitrogen and oxygen atoms in total. The Labute approximate surface area is 126 Å². The van der Waals surface area contributed by atoms with Gasteiger partial charge < -0.3 is 4.74 Å². The summed E-state index contributed by atoms with van der Waals surface area (Å²) in [6, 6.07) is -0.0630. The highest BCUT2D eigenvalue weighted by atomic mass is 32.2. The molecule has 1 saturated heterocycles. The average molecular weight is 316 g/mol. The molecule has 1 unspecified atom stereocenters. The van der Waals surface area contributed by atoms with Crippen LogP contribution >= 0.6 is 0 Å². The highest BCUT2D eigenvalue weighted by molar-refractivity contribution is 7.87. The van der Waals surface area contributed by atoms with Crippen LogP contribution in [0.25, 0.3) is 0 Å². The van der Waals surface area contributed by atoms with E-state index < -0.39 is 10.2 Å². The monoisotopic (exact) mass is 316 g/mol. The number of ether oxygens (including phenoxy) is 1. The minimum absolute atomic E-state index is 0.0630. The Kier molecular flexibility index (Phi) is 5.37. The lowest BCUT2D eigenvalue weighted by Gasteiger charge is -2.23. The first-order valence-corrected chi connectivity index (χ1v) is 8.70. The van der Waals surface area contributed by atoms with Gasteiger partial charge in [0, 0.05) is 44.0 Å². The molecule has 1 fully saturated rings. The highest BCUT2D eigenvalue weighted by Gasteiger charge is 2.33. The minimum atomic E-state index is -3.48. The molecule has 1 atom stereocenters. The van der Waals surface area contributed by atoms with Crippen LogP contribution in [0.5, 0.6) is 0 Å². The van der Waals surface area contributed by atoms with Gasteiger partial charge in [0.1, 0.15) is 0 Å². The van der Waals surface area contributed by atoms with E-state index in [2.05, 4.69) is 9.82 Å². The normalized spacial score (nSPS) is 20.2. The van der Waals surface area contributed by atoms with E-state index in [-0.39, 0.29) is 12.6 Å². The van der Waals surface area contributed by atoms with E-state index in [4.69, 9.17) is 4.74 Å². The van der Waals surface area contributed by atoms with E-state index in [9.17, 15) is 8.42 Å². The van der Waals surface area contributed by atoms with Gasteiger partial charge in [-0.25, -0.2) is 0 Å². The summed E-state index contributed by atoms with van der Waals surface area (Å²) >= 11 is 0. The van der Waals surface area contributed by atoms with E-state index in [0.29, 0.717) is 13.2 Å². The Balaban J connectivity index is 2.02. The maximum Gasteiger partial charge on any atom is 0.280 e. The van der Waals surface area contributed by atoms with Gasteiger partial charge in [-0.3, -0.25) is 4.68 Å². The number of nitrogens with zero attached hydrogens (tertiary/aromatic N) is 3. The van der Waals surface area contributed by atoms with Gasteiger partial charge in [-0.05, 0) is 26.7 Å². The molecular formula is C13H24N4O3S. The number of methoxy groups -OCH3 is 1. The first-order chi connectivity index (χ1) is 9.99. The van der Waals surface area contributed by atoms with Crippen LogP contribution in [0.2, 0.25) is 0 Å². The summed E-state index contributed by atoms with van der Waals surface area (Å²) in [4.78, 5) is 0. The summed E-state index contributed by atoms with van der Waals surface area (Å²) in [5.74, 6) is 0. The summed E-state index contributed by atoms with van der Waals surface area (Å²) in [5, 5.41) is 4.23. The van der Waals surface area contributed by atoms with Crippen molar-refractivity contribution in [3.05, 3.63) is 17.5 Å². The fourth-order valence-electron chi connectivity index (χ4n) is 2.71. The summed E-state index contributed by atoms with van der Waals surface area (Å²) < 4.78 is 36.0. The molecule has 120 valence electrons. The molecule has 0 radical (unpaired) electrons. The number of hydrogen-bond donors (Lipinski definition) is 1. The second kappa shape index (κ2) is 6.87. The first-order valence-electron chi connectivity index (χ1n) is 7.26. The van der Waals surface area contributed by atoms with Gasteiger partial charge in [0.25, 0.3) is 10.2 Å². The van der Waals surface area contributed by atoms with Gasteiger partial charge >= 0.3 is 0 Å². The fourth-order valence-corrected chi connectivity index (χ4v) is 4.15. The Morgan fingerprint density at radius 1 is 1.52 bits per heavy atom. The largest absolute Gasteiger partial charge is 0.383 e. The zero-order chi connectivity index (χ0) is 15.5. The van der Waals surface area contributed by atoms with Crippen molar-refractivity contribution in [1.29, 1.82) is 0 Å². The Bertz CT molecular complexity index is 570. The molecule has 1 aromatic heterocycles. The van der Waals surface area contributed by atoms with E-state index >= 15 is 0 Å². The molecule has 0 amide bonds. The van der Waals surface area contributed by atoms with Gasteiger partial charge in [0.05, 0.1) is 12.8 Å². The van der Waals surface area contributed by atoms with Crippen molar-refractivity contribution in [1.82, 2.24) is 18.8 Å². The lowest BCUT2D eigenvalue weighted by molar-refractivity contribution is 0.148. The molecule has 1 aromatic rings. The Hall–Kier alpha value is -0.960. The van der Waals surface area contributed by atoms with Gasteiger partial charge in [-0.15, -0.1) is 0 Å². The number of aryl methyl sites for hydroxylation is 1. The van der Waals surface area contributed by atoms with Crippen molar-refractivity contribution >= 4 is 10.2 Å². The zero-order valence-corrected chi connectivity index (χ0v) is 13.7. The molecule has 1 N–H and O–H groups in total. The molecule has 0 saturated carbocycles. The lowest BCUT2D eigenvalue weighted by Crippen LogP contribution is -2.44. The highest BCUT2D eigenvalue weighted by Crippen LogP contribution is 2.20. The van der Waals surface area contributed by atoms with Crippen molar-refractivity contribution in [2.24, 2.45) is 0 Å². The minimum Gasteiger partial charge on any atom is -0.383 e. The van der Waals surface area contributed by atoms with Gasteiger partial charge in [-0.2, -0.15) is 22.5 Å². The molecule has 1 aliphatic heterocycles. The second-order valence-electron chi connectivity index (χ2n) is 5.26. The second-order valence-corrected chi connectivity index (χ2v) is 6.97. The number of hydrogen-bond acceptors (Lipinski definition) is 4. The van der Waals surface area contributed by atoms with Crippen LogP contribution in [-0.4, -0.2) is 48.8 Å². The third-order valence-electron chi connectivity index (χ3n) is 3.94. The Morgan fingerprint density at radius 3 is 2.90 bits per heavy atom. The maximum absolute atomic E-state index is 12.4. The van der Waals surface area contributed by atoms with Crippen molar-refractivity contribution in [2.75, 3.05) is 20.3 Å². The molecule has 21 heavy (non-hydrogen) atoms. The summed E-state index contributed by atoms with van der Waals surface area (Å²) in [7, 11) is -1.88. The molecule has 0 bridgehead atoms. The third-order valence-corrected chi connectivity index (χ3v) is 5.55. The first kappa shape index (κ1) is 16.4. The van der Waals surface area contributed by atoms with Gasteiger partial charge in [0.15, 0.2) is 0 Å². The maximum atomic E-state index is 12.4. The molecule has 2 heterocycles. The molecule has 0 spiro atoms. The molecule has 0 aromatic carbocycles. The van der Waals surface area contributed by atoms with E-state index in [0.717, 1.165) is 30.6 Å². The van der Waals surface area contributed by atoms with Crippen LogP contribution < -0.4 is 4.72 Å². The average Bonchev–Trinajstić information content (AvgIpc) is 3.04. The quantitative estimate of drug-likeness (QED) is 0.801. The number of nitrogens with one attached hydrogen (secondary N) is 1. The molecule has 8 heteroatoms. The van der Waals surface area contributed by atoms with Gasteiger partial charge in [0.2, 0.25) is 0 Å². The molecule has 2 rings (SSSR count). The van der Waals surface area contributed by atoms with E-state index in [1.807, 2.05) is 18.5 Å². The van der Waals surface area contributed by atoms with Gasteiger partial charge in [-0.1, -0.05) is 0 Å². The van der Waals surface area contributed by atoms with Crippen LogP contribution in [0.4, 0.5) is 0 Å². The standard InChI is InChI=1S/C13H24N4O3S/c1-4-16-11(2)12(8-14-16)9-15-21(18,19)17-7-5-6-13(17)10-20-3/h8,13,15H,4-7,9-10H2,1-3H3. The Morgan fingerprint density at radius 2 is 2.29 bits per heavy atom. The van der Waals surface area contributed by atoms with Crippen molar-refractivity contribution in [3.8, 4) is 0 Å². The third kappa shape index (κ3) is 3.63. The van der Waals surface area contributed by atoms with Crippen LogP contribution in [0, 0.1) is 6.92 Å². The predicted octanol–water partition coefficient (Wildman–Crippen LogP) is 0.657. The van der Waals surface area contributed by atoms with Crippen LogP contribution in [0.3, 0.4) is 0 Å². The smallest absolute Gasteiger partial charge is 0.280 e. The molecular weight excluding hydrogens is 292 g/mol. The van der Waals surface area contributed by atoms with Crippen LogP contribution in [0.15, 0.2) is 6.20 Å². The van der Waals surface area contributed by atoms with Crippen molar-refractivity contribution in [2.45, 2.75) is 45.8 Å². The summed E-state index contributed by atoms with van der Waals surface area (Å²) in [5.41, 5.74) is 1.90. The van der Waals surface area contributed by atoms with Crippen LogP contribution in [-0.2, 0) is 28.0 Å². The van der Waals surface area contributed by atoms with E-state index in [1.54, 1.807) is 13.3 Å². The molecule has 1 aliphatic rings. The fraction of sp³-hybridized carbons (Fsp3) is 0.769. The van der Waals surface area contributed by atoms with Crippen molar-refractivity contribution < 1.29 is 13.2 Å². The summed E-state index contributed by atoms with van der Waals surface area (Å²) in [6.45, 7) is 5.99. The lowest BCUT2D eigenvalue weighted by atomic mass is 10.2. The molecule has 0 aliphatic carbocycles.